The van der Waals surface area contributed by atoms with E-state index in [9.17, 15) is 22.4 Å². The molecule has 0 spiro atoms. The molecule has 0 saturated heterocycles. The number of ether oxygens (including phenoxy) is 2. The van der Waals surface area contributed by atoms with Gasteiger partial charge < -0.3 is 25.8 Å². The number of hydrogen-bond donors (Lipinski definition) is 3. The number of fused-ring (bicyclic) bond motifs is 1. The quantitative estimate of drug-likeness (QED) is 0.374. The molecule has 1 amide bonds. The number of halogens is 4. The van der Waals surface area contributed by atoms with Crippen LogP contribution >= 0.6 is 0 Å². The number of alkyl halides is 4. The first-order chi connectivity index (χ1) is 18.2. The second kappa shape index (κ2) is 11.2. The maximum atomic E-state index is 13.9. The number of nitrogens with zero attached hydrogens (tertiary/aromatic N) is 3. The summed E-state index contributed by atoms with van der Waals surface area (Å²) in [7, 11) is 1.52. The minimum absolute atomic E-state index is 0.0714. The van der Waals surface area contributed by atoms with Gasteiger partial charge in [-0.15, -0.1) is 0 Å². The number of carbonyl (C=O) groups excluding carboxylic acids is 1. The van der Waals surface area contributed by atoms with Crippen LogP contribution in [0.25, 0.3) is 5.65 Å². The van der Waals surface area contributed by atoms with E-state index < -0.39 is 47.5 Å². The fourth-order valence-electron chi connectivity index (χ4n) is 5.28. The van der Waals surface area contributed by atoms with Crippen molar-refractivity contribution in [2.75, 3.05) is 26.8 Å². The molecular formula is C26H38F4N6O3. The number of aromatic nitrogens is 3. The molecule has 2 aliphatic carbocycles. The van der Waals surface area contributed by atoms with Gasteiger partial charge in [0.15, 0.2) is 5.65 Å². The lowest BCUT2D eigenvalue weighted by Crippen LogP contribution is -2.40. The maximum absolute atomic E-state index is 13.9. The smallest absolute Gasteiger partial charge is 0.408 e. The molecule has 0 unspecified atom stereocenters. The third-order valence-electron chi connectivity index (χ3n) is 7.52. The van der Waals surface area contributed by atoms with E-state index in [1.165, 1.54) is 11.6 Å². The van der Waals surface area contributed by atoms with E-state index in [0.717, 1.165) is 0 Å². The second-order valence-electron chi connectivity index (χ2n) is 11.6. The first-order valence-corrected chi connectivity index (χ1v) is 13.3. The van der Waals surface area contributed by atoms with Crippen molar-refractivity contribution in [1.82, 2.24) is 25.2 Å². The van der Waals surface area contributed by atoms with E-state index in [1.807, 2.05) is 0 Å². The lowest BCUT2D eigenvalue weighted by Gasteiger charge is -2.33. The Balaban J connectivity index is 1.55. The molecule has 4 atom stereocenters. The van der Waals surface area contributed by atoms with Crippen molar-refractivity contribution in [2.45, 2.75) is 76.0 Å². The molecule has 9 nitrogen and oxygen atoms in total. The van der Waals surface area contributed by atoms with Crippen molar-refractivity contribution in [3.05, 3.63) is 29.7 Å². The summed E-state index contributed by atoms with van der Waals surface area (Å²) in [5, 5.41) is 10.4. The minimum Gasteiger partial charge on any atom is -0.444 e. The van der Waals surface area contributed by atoms with Gasteiger partial charge in [-0.2, -0.15) is 5.10 Å². The highest BCUT2D eigenvalue weighted by Gasteiger charge is 2.66. The fraction of sp³-hybridized carbons (Fsp3) is 0.731. The highest BCUT2D eigenvalue weighted by atomic mass is 19.3. The van der Waals surface area contributed by atoms with E-state index in [1.54, 1.807) is 39.2 Å². The van der Waals surface area contributed by atoms with Crippen LogP contribution in [0, 0.1) is 17.8 Å². The Hall–Kier alpha value is -2.51. The Bertz CT molecular complexity index is 1140. The fourth-order valence-corrected chi connectivity index (χ4v) is 5.28. The number of imidazole rings is 1. The van der Waals surface area contributed by atoms with Crippen molar-refractivity contribution in [1.29, 1.82) is 0 Å². The molecule has 2 saturated carbocycles. The lowest BCUT2D eigenvalue weighted by molar-refractivity contribution is -0.0500. The standard InChI is InChI=1S/C26H38F4N6O3/c1-24(2,3)39-23(37)35-22(15-5-7-25(27,28)8-6-15)19-13-36-21(34-19)9-16(11-33-36)20(14-38-4)32-12-18-17(10-31)26(18,29)30/h9,11,13,15,17-18,20,22,32H,5-8,10,12,14,31H2,1-4H3,(H,35,37)/t17-,18+,20-,22+/m1/s1. The average Bonchev–Trinajstić information content (AvgIpc) is 3.15. The summed E-state index contributed by atoms with van der Waals surface area (Å²) in [6.45, 7) is 5.44. The summed E-state index contributed by atoms with van der Waals surface area (Å²) >= 11 is 0. The Kier molecular flexibility index (Phi) is 8.44. The van der Waals surface area contributed by atoms with Crippen LogP contribution in [0.1, 0.15) is 69.8 Å². The average molecular weight is 559 g/mol. The van der Waals surface area contributed by atoms with Crippen LogP contribution < -0.4 is 16.4 Å². The minimum atomic E-state index is -2.78. The van der Waals surface area contributed by atoms with Crippen LogP contribution in [0.4, 0.5) is 22.4 Å². The van der Waals surface area contributed by atoms with Gasteiger partial charge in [-0.25, -0.2) is 31.9 Å². The van der Waals surface area contributed by atoms with Gasteiger partial charge in [0.05, 0.1) is 36.8 Å². The number of nitrogens with one attached hydrogen (secondary N) is 2. The number of hydrogen-bond acceptors (Lipinski definition) is 7. The molecule has 2 aromatic heterocycles. The van der Waals surface area contributed by atoms with Gasteiger partial charge in [0, 0.05) is 44.9 Å². The molecule has 13 heteroatoms. The Morgan fingerprint density at radius 1 is 1.23 bits per heavy atom. The van der Waals surface area contributed by atoms with E-state index >= 15 is 0 Å². The normalized spacial score (nSPS) is 24.3. The van der Waals surface area contributed by atoms with E-state index in [-0.39, 0.29) is 51.3 Å². The van der Waals surface area contributed by atoms with Crippen molar-refractivity contribution in [3.8, 4) is 0 Å². The third-order valence-corrected chi connectivity index (χ3v) is 7.52. The highest BCUT2D eigenvalue weighted by molar-refractivity contribution is 5.68. The first kappa shape index (κ1) is 29.5. The molecule has 2 heterocycles. The van der Waals surface area contributed by atoms with Gasteiger partial charge in [0.2, 0.25) is 5.92 Å². The van der Waals surface area contributed by atoms with Gasteiger partial charge in [-0.05, 0) is 51.2 Å². The van der Waals surface area contributed by atoms with Crippen LogP contribution in [0.5, 0.6) is 0 Å². The third kappa shape index (κ3) is 6.98. The summed E-state index contributed by atoms with van der Waals surface area (Å²) in [5.74, 6) is -7.43. The SMILES string of the molecule is COC[C@@H](NC[C@H]1[C@@H](CN)C1(F)F)c1cnn2cc([C@@H](NC(=O)OC(C)(C)C)C3CCC(F)(F)CC3)nc2c1. The number of carbonyl (C=O) groups is 1. The largest absolute Gasteiger partial charge is 0.444 e. The maximum Gasteiger partial charge on any atom is 0.408 e. The molecule has 39 heavy (non-hydrogen) atoms. The molecule has 2 fully saturated rings. The topological polar surface area (TPSA) is 116 Å². The van der Waals surface area contributed by atoms with E-state index in [0.29, 0.717) is 16.9 Å². The molecule has 0 bridgehead atoms. The number of rotatable bonds is 10. The summed E-state index contributed by atoms with van der Waals surface area (Å²) < 4.78 is 67.8. The Morgan fingerprint density at radius 3 is 2.51 bits per heavy atom. The van der Waals surface area contributed by atoms with E-state index in [4.69, 9.17) is 15.2 Å². The summed E-state index contributed by atoms with van der Waals surface area (Å²) in [4.78, 5) is 17.3. The molecule has 4 rings (SSSR count). The number of amides is 1. The molecule has 0 aromatic carbocycles. The Labute approximate surface area is 225 Å². The zero-order valence-electron chi connectivity index (χ0n) is 22.7. The second-order valence-corrected chi connectivity index (χ2v) is 11.6. The highest BCUT2D eigenvalue weighted by Crippen LogP contribution is 2.54. The van der Waals surface area contributed by atoms with Gasteiger partial charge in [0.25, 0.3) is 5.92 Å². The summed E-state index contributed by atoms with van der Waals surface area (Å²) in [6.07, 6.45) is 2.49. The molecule has 0 aliphatic heterocycles. The van der Waals surface area contributed by atoms with Crippen LogP contribution in [0.15, 0.2) is 18.5 Å². The number of methoxy groups -OCH3 is 1. The zero-order chi connectivity index (χ0) is 28.6. The van der Waals surface area contributed by atoms with Crippen LogP contribution in [-0.4, -0.2) is 64.9 Å². The van der Waals surface area contributed by atoms with Gasteiger partial charge in [-0.3, -0.25) is 0 Å². The number of nitrogens with two attached hydrogens (primary N) is 1. The predicted molar refractivity (Wildman–Crippen MR) is 136 cm³/mol. The molecule has 218 valence electrons. The summed E-state index contributed by atoms with van der Waals surface area (Å²) in [5.41, 5.74) is 6.35. The molecule has 2 aliphatic rings. The molecule has 4 N–H and O–H groups in total. The monoisotopic (exact) mass is 558 g/mol. The van der Waals surface area contributed by atoms with Crippen LogP contribution in [0.3, 0.4) is 0 Å². The zero-order valence-corrected chi connectivity index (χ0v) is 22.7. The van der Waals surface area contributed by atoms with E-state index in [2.05, 4.69) is 20.7 Å². The van der Waals surface area contributed by atoms with Crippen molar-refractivity contribution in [2.24, 2.45) is 23.5 Å². The van der Waals surface area contributed by atoms with Crippen molar-refractivity contribution < 1.29 is 31.8 Å². The number of alkyl carbamates (subject to hydrolysis) is 1. The predicted octanol–water partition coefficient (Wildman–Crippen LogP) is 4.24. The van der Waals surface area contributed by atoms with Crippen LogP contribution in [0.2, 0.25) is 0 Å². The van der Waals surface area contributed by atoms with Gasteiger partial charge >= 0.3 is 6.09 Å². The Morgan fingerprint density at radius 2 is 1.92 bits per heavy atom. The lowest BCUT2D eigenvalue weighted by atomic mass is 9.81. The molecule has 0 radical (unpaired) electrons. The van der Waals surface area contributed by atoms with Gasteiger partial charge in [-0.1, -0.05) is 0 Å². The van der Waals surface area contributed by atoms with Crippen molar-refractivity contribution in [3.63, 3.8) is 0 Å². The molecular weight excluding hydrogens is 520 g/mol. The van der Waals surface area contributed by atoms with Crippen LogP contribution in [-0.2, 0) is 9.47 Å². The molecule has 2 aromatic rings. The first-order valence-electron chi connectivity index (χ1n) is 13.3. The summed E-state index contributed by atoms with van der Waals surface area (Å²) in [6, 6.07) is 0.691. The van der Waals surface area contributed by atoms with Crippen molar-refractivity contribution >= 4 is 11.7 Å². The van der Waals surface area contributed by atoms with Gasteiger partial charge in [0.1, 0.15) is 5.60 Å².